The van der Waals surface area contributed by atoms with Crippen LogP contribution in [0, 0.1) is 11.8 Å². The zero-order chi connectivity index (χ0) is 21.8. The molecule has 0 bridgehead atoms. The number of aromatic hydroxyl groups is 1. The molecule has 30 heavy (non-hydrogen) atoms. The van der Waals surface area contributed by atoms with E-state index in [-0.39, 0.29) is 24.0 Å². The predicted molar refractivity (Wildman–Crippen MR) is 121 cm³/mol. The van der Waals surface area contributed by atoms with Gasteiger partial charge in [0.25, 0.3) is 0 Å². The number of rotatable bonds is 6. The minimum absolute atomic E-state index is 0.0623. The number of carbonyl (C=O) groups is 1. The van der Waals surface area contributed by atoms with Gasteiger partial charge < -0.3 is 19.5 Å². The van der Waals surface area contributed by atoms with E-state index in [0.717, 1.165) is 29.5 Å². The van der Waals surface area contributed by atoms with Gasteiger partial charge in [0.1, 0.15) is 17.2 Å². The molecule has 1 N–H and O–H groups in total. The average Bonchev–Trinajstić information content (AvgIpc) is 2.71. The highest BCUT2D eigenvalue weighted by Crippen LogP contribution is 2.43. The number of methoxy groups -OCH3 is 2. The van der Waals surface area contributed by atoms with E-state index in [2.05, 4.69) is 29.8 Å². The fraction of sp³-hybridized carbons (Fsp3) is 0.458. The van der Waals surface area contributed by atoms with Crippen LogP contribution in [-0.2, 0) is 4.79 Å². The molecule has 5 nitrogen and oxygen atoms in total. The molecule has 3 unspecified atom stereocenters. The van der Waals surface area contributed by atoms with Crippen LogP contribution in [0.1, 0.15) is 43.7 Å². The molecular formula is C24H30BrNO4. The van der Waals surface area contributed by atoms with E-state index in [1.54, 1.807) is 26.4 Å². The Morgan fingerprint density at radius 2 is 1.77 bits per heavy atom. The molecule has 1 aliphatic heterocycles. The third kappa shape index (κ3) is 5.09. The molecule has 2 aromatic carbocycles. The Bertz CT molecular complexity index is 874. The Kier molecular flexibility index (Phi) is 7.29. The summed E-state index contributed by atoms with van der Waals surface area (Å²) in [5, 5.41) is 10.8. The first-order valence-electron chi connectivity index (χ1n) is 10.3. The third-order valence-corrected chi connectivity index (χ3v) is 6.30. The lowest BCUT2D eigenvalue weighted by molar-refractivity contribution is -0.134. The molecule has 1 amide bonds. The summed E-state index contributed by atoms with van der Waals surface area (Å²) in [7, 11) is 3.11. The van der Waals surface area contributed by atoms with Crippen molar-refractivity contribution in [2.75, 3.05) is 27.3 Å². The van der Waals surface area contributed by atoms with Crippen LogP contribution in [0.3, 0.4) is 0 Å². The largest absolute Gasteiger partial charge is 0.507 e. The first kappa shape index (κ1) is 22.5. The maximum absolute atomic E-state index is 13.3. The number of benzene rings is 2. The lowest BCUT2D eigenvalue weighted by atomic mass is 9.85. The van der Waals surface area contributed by atoms with Crippen molar-refractivity contribution in [3.05, 3.63) is 52.0 Å². The molecule has 6 heteroatoms. The molecule has 1 heterocycles. The number of carbonyl (C=O) groups excluding carboxylic acids is 1. The Balaban J connectivity index is 2.00. The Labute approximate surface area is 187 Å². The van der Waals surface area contributed by atoms with E-state index in [1.165, 1.54) is 0 Å². The maximum Gasteiger partial charge on any atom is 0.223 e. The van der Waals surface area contributed by atoms with Gasteiger partial charge in [0, 0.05) is 47.6 Å². The quantitative estimate of drug-likeness (QED) is 0.623. The summed E-state index contributed by atoms with van der Waals surface area (Å²) in [6.07, 6.45) is 1.41. The van der Waals surface area contributed by atoms with Crippen molar-refractivity contribution in [1.29, 1.82) is 0 Å². The number of nitrogens with zero attached hydrogens (tertiary/aromatic N) is 1. The fourth-order valence-corrected chi connectivity index (χ4v) is 4.74. The average molecular weight is 476 g/mol. The van der Waals surface area contributed by atoms with Crippen LogP contribution in [0.4, 0.5) is 0 Å². The lowest BCUT2D eigenvalue weighted by Crippen LogP contribution is -2.43. The van der Waals surface area contributed by atoms with Gasteiger partial charge in [-0.15, -0.1) is 0 Å². The molecule has 1 aliphatic rings. The van der Waals surface area contributed by atoms with E-state index in [1.807, 2.05) is 29.2 Å². The second kappa shape index (κ2) is 9.73. The van der Waals surface area contributed by atoms with Gasteiger partial charge in [-0.3, -0.25) is 4.79 Å². The van der Waals surface area contributed by atoms with Crippen molar-refractivity contribution < 1.29 is 19.4 Å². The smallest absolute Gasteiger partial charge is 0.223 e. The highest BCUT2D eigenvalue weighted by molar-refractivity contribution is 9.10. The SMILES string of the molecule is COc1cc(O)c(C(CC(=O)N2CC(C)CC(C)C2)c2ccc(Br)cc2)c(OC)c1. The Morgan fingerprint density at radius 3 is 2.33 bits per heavy atom. The number of hydrogen-bond donors (Lipinski definition) is 1. The molecule has 162 valence electrons. The van der Waals surface area contributed by atoms with E-state index >= 15 is 0 Å². The summed E-state index contributed by atoms with van der Waals surface area (Å²) in [5.41, 5.74) is 1.55. The monoisotopic (exact) mass is 475 g/mol. The van der Waals surface area contributed by atoms with Gasteiger partial charge in [-0.25, -0.2) is 0 Å². The number of likely N-dealkylation sites (tertiary alicyclic amines) is 1. The summed E-state index contributed by atoms with van der Waals surface area (Å²) in [4.78, 5) is 15.3. The number of hydrogen-bond acceptors (Lipinski definition) is 4. The second-order valence-electron chi connectivity index (χ2n) is 8.32. The zero-order valence-electron chi connectivity index (χ0n) is 18.0. The first-order chi connectivity index (χ1) is 14.3. The molecule has 0 aromatic heterocycles. The molecule has 3 rings (SSSR count). The van der Waals surface area contributed by atoms with Crippen LogP contribution in [0.25, 0.3) is 0 Å². The van der Waals surface area contributed by atoms with E-state index < -0.39 is 0 Å². The second-order valence-corrected chi connectivity index (χ2v) is 9.23. The van der Waals surface area contributed by atoms with Gasteiger partial charge in [0.15, 0.2) is 0 Å². The van der Waals surface area contributed by atoms with Crippen LogP contribution in [0.2, 0.25) is 0 Å². The number of phenols is 1. The molecule has 1 fully saturated rings. The summed E-state index contributed by atoms with van der Waals surface area (Å²) >= 11 is 3.47. The van der Waals surface area contributed by atoms with Crippen LogP contribution in [-0.4, -0.2) is 43.2 Å². The molecule has 0 aliphatic carbocycles. The van der Waals surface area contributed by atoms with Gasteiger partial charge in [-0.05, 0) is 36.0 Å². The minimum atomic E-state index is -0.334. The molecule has 0 radical (unpaired) electrons. The van der Waals surface area contributed by atoms with Crippen molar-refractivity contribution in [1.82, 2.24) is 4.90 Å². The highest BCUT2D eigenvalue weighted by Gasteiger charge is 2.30. The minimum Gasteiger partial charge on any atom is -0.507 e. The number of piperidine rings is 1. The normalized spacial score (nSPS) is 20.0. The molecule has 0 saturated carbocycles. The number of halogens is 1. The number of ether oxygens (including phenoxy) is 2. The van der Waals surface area contributed by atoms with Crippen molar-refractivity contribution in [3.63, 3.8) is 0 Å². The number of amides is 1. The summed E-state index contributed by atoms with van der Waals surface area (Å²) in [5.74, 6) is 1.83. The fourth-order valence-electron chi connectivity index (χ4n) is 4.48. The summed E-state index contributed by atoms with van der Waals surface area (Å²) in [6, 6.07) is 11.2. The van der Waals surface area contributed by atoms with Gasteiger partial charge in [-0.1, -0.05) is 41.9 Å². The first-order valence-corrected chi connectivity index (χ1v) is 11.1. The highest BCUT2D eigenvalue weighted by atomic mass is 79.9. The number of phenolic OH excluding ortho intramolecular Hbond substituents is 1. The topological polar surface area (TPSA) is 59.0 Å². The van der Waals surface area contributed by atoms with Gasteiger partial charge in [0.2, 0.25) is 5.91 Å². The summed E-state index contributed by atoms with van der Waals surface area (Å²) < 4.78 is 11.8. The van der Waals surface area contributed by atoms with Gasteiger partial charge >= 0.3 is 0 Å². The molecule has 0 spiro atoms. The van der Waals surface area contributed by atoms with Crippen molar-refractivity contribution in [2.24, 2.45) is 11.8 Å². The van der Waals surface area contributed by atoms with Gasteiger partial charge in [-0.2, -0.15) is 0 Å². The van der Waals surface area contributed by atoms with E-state index in [0.29, 0.717) is 28.9 Å². The van der Waals surface area contributed by atoms with Crippen molar-refractivity contribution >= 4 is 21.8 Å². The molecule has 3 atom stereocenters. The molecule has 1 saturated heterocycles. The predicted octanol–water partition coefficient (Wildman–Crippen LogP) is 5.20. The Hall–Kier alpha value is -2.21. The third-order valence-electron chi connectivity index (χ3n) is 5.77. The van der Waals surface area contributed by atoms with Crippen LogP contribution in [0.5, 0.6) is 17.2 Å². The maximum atomic E-state index is 13.3. The van der Waals surface area contributed by atoms with Crippen molar-refractivity contribution in [2.45, 2.75) is 32.6 Å². The van der Waals surface area contributed by atoms with Crippen LogP contribution < -0.4 is 9.47 Å². The van der Waals surface area contributed by atoms with Crippen molar-refractivity contribution in [3.8, 4) is 17.2 Å². The van der Waals surface area contributed by atoms with E-state index in [9.17, 15) is 9.90 Å². The van der Waals surface area contributed by atoms with Crippen LogP contribution in [0.15, 0.2) is 40.9 Å². The zero-order valence-corrected chi connectivity index (χ0v) is 19.6. The molecule has 2 aromatic rings. The lowest BCUT2D eigenvalue weighted by Gasteiger charge is -2.36. The summed E-state index contributed by atoms with van der Waals surface area (Å²) in [6.45, 7) is 5.95. The standard InChI is InChI=1S/C24H30BrNO4/c1-15-9-16(2)14-26(13-15)23(28)12-20(17-5-7-18(25)8-6-17)24-21(27)10-19(29-3)11-22(24)30-4/h5-8,10-11,15-16,20,27H,9,12-14H2,1-4H3. The van der Waals surface area contributed by atoms with Gasteiger partial charge in [0.05, 0.1) is 14.2 Å². The molecular weight excluding hydrogens is 446 g/mol. The van der Waals surface area contributed by atoms with E-state index in [4.69, 9.17) is 9.47 Å². The Morgan fingerprint density at radius 1 is 1.13 bits per heavy atom. The van der Waals surface area contributed by atoms with Crippen LogP contribution >= 0.6 is 15.9 Å².